The number of hydrogen-bond donors (Lipinski definition) is 0. The molecular weight excluding hydrogens is 483 g/mol. The van der Waals surface area contributed by atoms with Crippen LogP contribution in [0.25, 0.3) is 10.6 Å². The average Bonchev–Trinajstić information content (AvgIpc) is 3.27. The van der Waals surface area contributed by atoms with E-state index in [4.69, 9.17) is 0 Å². The van der Waals surface area contributed by atoms with Crippen molar-refractivity contribution in [3.05, 3.63) is 50.9 Å². The summed E-state index contributed by atoms with van der Waals surface area (Å²) in [5.41, 5.74) is -4.20. The lowest BCUT2D eigenvalue weighted by molar-refractivity contribution is -0.117. The Kier molecular flexibility index (Phi) is 6.58. The molecule has 0 N–H and O–H groups in total. The molecule has 2 heterocycles. The smallest absolute Gasteiger partial charge is 0.299 e. The van der Waals surface area contributed by atoms with Crippen LogP contribution in [-0.2, 0) is 27.5 Å². The van der Waals surface area contributed by atoms with Gasteiger partial charge in [0.25, 0.3) is 16.3 Å². The molecule has 3 aromatic rings. The number of halogens is 5. The van der Waals surface area contributed by atoms with Crippen LogP contribution in [0.15, 0.2) is 34.5 Å². The topological polar surface area (TPSA) is 77.0 Å². The third-order valence-electron chi connectivity index (χ3n) is 4.07. The van der Waals surface area contributed by atoms with E-state index < -0.39 is 26.7 Å². The van der Waals surface area contributed by atoms with Gasteiger partial charge in [-0.3, -0.25) is 4.79 Å². The molecule has 166 valence electrons. The van der Waals surface area contributed by atoms with Gasteiger partial charge < -0.3 is 0 Å². The molecule has 0 bridgehead atoms. The van der Waals surface area contributed by atoms with Gasteiger partial charge in [-0.1, -0.05) is 12.1 Å². The summed E-state index contributed by atoms with van der Waals surface area (Å²) in [5, 5.41) is 1.77. The molecule has 1 aromatic carbocycles. The minimum atomic E-state index is -5.45. The van der Waals surface area contributed by atoms with Gasteiger partial charge in [-0.05, 0) is 24.6 Å². The number of rotatable bonds is 7. The molecule has 2 aromatic heterocycles. The molecule has 0 aliphatic heterocycles. The second-order valence-electron chi connectivity index (χ2n) is 6.38. The maximum atomic E-state index is 12.8. The minimum Gasteiger partial charge on any atom is -0.299 e. The fourth-order valence-electron chi connectivity index (χ4n) is 2.62. The van der Waals surface area contributed by atoms with E-state index in [0.717, 1.165) is 35.6 Å². The Morgan fingerprint density at radius 2 is 1.74 bits per heavy atom. The zero-order chi connectivity index (χ0) is 23.0. The number of hydrogen-bond acceptors (Lipinski definition) is 7. The van der Waals surface area contributed by atoms with Crippen LogP contribution in [0, 0.1) is 6.92 Å². The SMILES string of the molecule is Cc1nc(C(F)F)sc1-c1csc(CC(=O)Cc2ccc(S(=O)(=O)C(F)(F)F)cc2)n1. The minimum absolute atomic E-state index is 0.0627. The second kappa shape index (κ2) is 8.71. The van der Waals surface area contributed by atoms with Crippen LogP contribution in [0.2, 0.25) is 0 Å². The van der Waals surface area contributed by atoms with Gasteiger partial charge >= 0.3 is 5.51 Å². The summed E-state index contributed by atoms with van der Waals surface area (Å²) >= 11 is 2.00. The summed E-state index contributed by atoms with van der Waals surface area (Å²) < 4.78 is 86.1. The van der Waals surface area contributed by atoms with E-state index in [-0.39, 0.29) is 23.6 Å². The lowest BCUT2D eigenvalue weighted by atomic mass is 10.1. The number of nitrogens with zero attached hydrogens (tertiary/aromatic N) is 2. The fraction of sp³-hybridized carbons (Fsp3) is 0.278. The third-order valence-corrected chi connectivity index (χ3v) is 7.61. The predicted molar refractivity (Wildman–Crippen MR) is 105 cm³/mol. The van der Waals surface area contributed by atoms with Crippen LogP contribution < -0.4 is 0 Å². The van der Waals surface area contributed by atoms with Gasteiger partial charge in [0.05, 0.1) is 27.6 Å². The number of sulfone groups is 1. The Bertz CT molecular complexity index is 1200. The normalized spacial score (nSPS) is 12.5. The monoisotopic (exact) mass is 496 g/mol. The van der Waals surface area contributed by atoms with Crippen molar-refractivity contribution >= 4 is 38.3 Å². The average molecular weight is 497 g/mol. The Labute approximate surface area is 181 Å². The molecule has 0 aliphatic rings. The Morgan fingerprint density at radius 1 is 1.10 bits per heavy atom. The van der Waals surface area contributed by atoms with Crippen LogP contribution in [0.3, 0.4) is 0 Å². The molecular formula is C18H13F5N2O3S3. The van der Waals surface area contributed by atoms with Crippen molar-refractivity contribution < 1.29 is 35.2 Å². The van der Waals surface area contributed by atoms with E-state index in [1.807, 2.05) is 0 Å². The first-order valence-corrected chi connectivity index (χ1v) is 11.7. The van der Waals surface area contributed by atoms with Gasteiger partial charge in [0.2, 0.25) is 0 Å². The summed E-state index contributed by atoms with van der Waals surface area (Å²) in [5.74, 6) is -0.290. The van der Waals surface area contributed by atoms with Crippen molar-refractivity contribution in [1.82, 2.24) is 9.97 Å². The van der Waals surface area contributed by atoms with Crippen molar-refractivity contribution in [3.8, 4) is 10.6 Å². The molecule has 13 heteroatoms. The Hall–Kier alpha value is -2.25. The van der Waals surface area contributed by atoms with Crippen LogP contribution in [0.4, 0.5) is 22.0 Å². The molecule has 31 heavy (non-hydrogen) atoms. The zero-order valence-electron chi connectivity index (χ0n) is 15.6. The molecule has 0 saturated heterocycles. The Morgan fingerprint density at radius 3 is 2.29 bits per heavy atom. The van der Waals surface area contributed by atoms with Crippen molar-refractivity contribution in [1.29, 1.82) is 0 Å². The highest BCUT2D eigenvalue weighted by Crippen LogP contribution is 2.35. The quantitative estimate of drug-likeness (QED) is 0.423. The van der Waals surface area contributed by atoms with Crippen molar-refractivity contribution in [2.24, 2.45) is 0 Å². The standard InChI is InChI=1S/C18H13F5N2O3S3/c1-9-15(30-17(24-9)16(19)20)13-8-29-14(25-13)7-11(26)6-10-2-4-12(5-3-10)31(27,28)18(21,22)23/h2-5,8,16H,6-7H2,1H3. The molecule has 0 amide bonds. The Balaban J connectivity index is 1.67. The summed E-state index contributed by atoms with van der Waals surface area (Å²) in [6.07, 6.45) is -2.88. The van der Waals surface area contributed by atoms with E-state index in [1.54, 1.807) is 12.3 Å². The second-order valence-corrected chi connectivity index (χ2v) is 10.3. The van der Waals surface area contributed by atoms with E-state index in [1.165, 1.54) is 11.3 Å². The van der Waals surface area contributed by atoms with E-state index >= 15 is 0 Å². The summed E-state index contributed by atoms with van der Waals surface area (Å²) in [6, 6.07) is 3.91. The first-order valence-electron chi connectivity index (χ1n) is 8.50. The molecule has 0 radical (unpaired) electrons. The van der Waals surface area contributed by atoms with Crippen molar-refractivity contribution in [2.45, 2.75) is 36.6 Å². The summed E-state index contributed by atoms with van der Waals surface area (Å²) in [7, 11) is -5.45. The van der Waals surface area contributed by atoms with E-state index in [2.05, 4.69) is 9.97 Å². The number of aryl methyl sites for hydroxylation is 1. The molecule has 0 saturated carbocycles. The molecule has 3 rings (SSSR count). The first-order chi connectivity index (χ1) is 14.4. The van der Waals surface area contributed by atoms with Crippen molar-refractivity contribution in [3.63, 3.8) is 0 Å². The number of ketones is 1. The zero-order valence-corrected chi connectivity index (χ0v) is 18.1. The first kappa shape index (κ1) is 23.4. The maximum absolute atomic E-state index is 12.8. The molecule has 0 unspecified atom stereocenters. The van der Waals surface area contributed by atoms with Gasteiger partial charge in [-0.25, -0.2) is 27.2 Å². The third kappa shape index (κ3) is 5.15. The number of carbonyl (C=O) groups is 1. The highest BCUT2D eigenvalue weighted by atomic mass is 32.2. The number of Topliss-reactive ketones (excluding diaryl/α,β-unsaturated/α-hetero) is 1. The number of carbonyl (C=O) groups excluding carboxylic acids is 1. The lowest BCUT2D eigenvalue weighted by Gasteiger charge is -2.08. The van der Waals surface area contributed by atoms with Crippen LogP contribution in [0.1, 0.15) is 27.7 Å². The molecule has 0 atom stereocenters. The maximum Gasteiger partial charge on any atom is 0.501 e. The molecule has 0 fully saturated rings. The van der Waals surface area contributed by atoms with Crippen LogP contribution in [-0.4, -0.2) is 29.7 Å². The van der Waals surface area contributed by atoms with Gasteiger partial charge in [0.15, 0.2) is 5.01 Å². The van der Waals surface area contributed by atoms with E-state index in [0.29, 0.717) is 26.8 Å². The number of alkyl halides is 5. The van der Waals surface area contributed by atoms with Gasteiger partial charge in [0, 0.05) is 11.8 Å². The number of benzene rings is 1. The predicted octanol–water partition coefficient (Wildman–Crippen LogP) is 5.16. The molecule has 0 aliphatic carbocycles. The van der Waals surface area contributed by atoms with Gasteiger partial charge in [-0.2, -0.15) is 13.2 Å². The van der Waals surface area contributed by atoms with Gasteiger partial charge in [-0.15, -0.1) is 22.7 Å². The highest BCUT2D eigenvalue weighted by Gasteiger charge is 2.46. The summed E-state index contributed by atoms with van der Waals surface area (Å²) in [4.78, 5) is 20.0. The molecule has 0 spiro atoms. The van der Waals surface area contributed by atoms with Crippen LogP contribution >= 0.6 is 22.7 Å². The summed E-state index contributed by atoms with van der Waals surface area (Å²) in [6.45, 7) is 1.59. The lowest BCUT2D eigenvalue weighted by Crippen LogP contribution is -2.23. The number of aromatic nitrogens is 2. The van der Waals surface area contributed by atoms with Crippen LogP contribution in [0.5, 0.6) is 0 Å². The van der Waals surface area contributed by atoms with Gasteiger partial charge in [0.1, 0.15) is 10.8 Å². The highest BCUT2D eigenvalue weighted by molar-refractivity contribution is 7.92. The van der Waals surface area contributed by atoms with Crippen molar-refractivity contribution in [2.75, 3.05) is 0 Å². The number of thiazole rings is 2. The van der Waals surface area contributed by atoms with E-state index in [9.17, 15) is 35.2 Å². The largest absolute Gasteiger partial charge is 0.501 e. The fourth-order valence-corrected chi connectivity index (χ4v) is 5.16. The molecule has 5 nitrogen and oxygen atoms in total.